The fourth-order valence-electron chi connectivity index (χ4n) is 1.63. The minimum atomic E-state index is -0.250. The van der Waals surface area contributed by atoms with Gasteiger partial charge in [-0.3, -0.25) is 9.78 Å². The Labute approximate surface area is 105 Å². The molecule has 0 unspecified atom stereocenters. The molecule has 0 fully saturated rings. The van der Waals surface area contributed by atoms with Crippen LogP contribution in [-0.2, 0) is 0 Å². The van der Waals surface area contributed by atoms with E-state index in [1.54, 1.807) is 36.5 Å². The molecule has 5 nitrogen and oxygen atoms in total. The summed E-state index contributed by atoms with van der Waals surface area (Å²) in [6, 6.07) is 8.28. The number of aromatic nitrogens is 1. The van der Waals surface area contributed by atoms with E-state index in [0.29, 0.717) is 22.6 Å². The van der Waals surface area contributed by atoms with Crippen LogP contribution in [-0.4, -0.2) is 10.9 Å². The third-order valence-electron chi connectivity index (χ3n) is 2.39. The highest BCUT2D eigenvalue weighted by Crippen LogP contribution is 2.15. The maximum absolute atomic E-state index is 12.0. The lowest BCUT2D eigenvalue weighted by Gasteiger charge is -2.07. The highest BCUT2D eigenvalue weighted by molar-refractivity contribution is 6.05. The van der Waals surface area contributed by atoms with E-state index < -0.39 is 0 Å². The summed E-state index contributed by atoms with van der Waals surface area (Å²) in [5.41, 5.74) is 14.2. The van der Waals surface area contributed by atoms with E-state index in [2.05, 4.69) is 10.3 Å². The molecule has 5 heteroatoms. The summed E-state index contributed by atoms with van der Waals surface area (Å²) in [6.45, 7) is 1.86. The molecule has 0 bridgehead atoms. The molecule has 1 aromatic carbocycles. The molecule has 0 radical (unpaired) electrons. The van der Waals surface area contributed by atoms with E-state index in [9.17, 15) is 4.79 Å². The van der Waals surface area contributed by atoms with Gasteiger partial charge in [0.15, 0.2) is 0 Å². The lowest BCUT2D eigenvalue weighted by atomic mass is 10.1. The average molecular weight is 242 g/mol. The minimum absolute atomic E-state index is 0.250. The van der Waals surface area contributed by atoms with E-state index >= 15 is 0 Å². The Balaban J connectivity index is 2.22. The van der Waals surface area contributed by atoms with Crippen molar-refractivity contribution in [2.45, 2.75) is 6.92 Å². The number of anilines is 3. The van der Waals surface area contributed by atoms with Crippen molar-refractivity contribution >= 4 is 23.0 Å². The Bertz CT molecular complexity index is 575. The van der Waals surface area contributed by atoms with Crippen molar-refractivity contribution in [3.05, 3.63) is 47.8 Å². The SMILES string of the molecule is Cc1cc(NC(=O)c2cc(N)cc(N)c2)ccn1. The van der Waals surface area contributed by atoms with Crippen LogP contribution in [0.4, 0.5) is 17.1 Å². The van der Waals surface area contributed by atoms with Crippen LogP contribution in [0.15, 0.2) is 36.5 Å². The third kappa shape index (κ3) is 2.76. The molecule has 92 valence electrons. The van der Waals surface area contributed by atoms with Crippen LogP contribution < -0.4 is 16.8 Å². The van der Waals surface area contributed by atoms with Gasteiger partial charge in [-0.2, -0.15) is 0 Å². The largest absolute Gasteiger partial charge is 0.399 e. The highest BCUT2D eigenvalue weighted by Gasteiger charge is 2.07. The van der Waals surface area contributed by atoms with Gasteiger partial charge in [-0.05, 0) is 37.3 Å². The number of nitrogens with one attached hydrogen (secondary N) is 1. The number of nitrogens with two attached hydrogens (primary N) is 2. The number of hydrogen-bond acceptors (Lipinski definition) is 4. The van der Waals surface area contributed by atoms with Gasteiger partial charge in [0.05, 0.1) is 0 Å². The van der Waals surface area contributed by atoms with Crippen molar-refractivity contribution < 1.29 is 4.79 Å². The molecule has 0 atom stereocenters. The van der Waals surface area contributed by atoms with Crippen LogP contribution in [0.1, 0.15) is 16.1 Å². The molecule has 1 heterocycles. The number of nitrogen functional groups attached to an aromatic ring is 2. The predicted octanol–water partition coefficient (Wildman–Crippen LogP) is 1.81. The van der Waals surface area contributed by atoms with Crippen molar-refractivity contribution in [3.8, 4) is 0 Å². The van der Waals surface area contributed by atoms with Gasteiger partial charge in [0, 0.05) is 34.5 Å². The maximum atomic E-state index is 12.0. The van der Waals surface area contributed by atoms with Crippen molar-refractivity contribution in [1.82, 2.24) is 4.98 Å². The van der Waals surface area contributed by atoms with Gasteiger partial charge >= 0.3 is 0 Å². The lowest BCUT2D eigenvalue weighted by molar-refractivity contribution is 0.102. The van der Waals surface area contributed by atoms with E-state index in [1.165, 1.54) is 0 Å². The van der Waals surface area contributed by atoms with Gasteiger partial charge in [0.2, 0.25) is 0 Å². The van der Waals surface area contributed by atoms with Gasteiger partial charge in [0.1, 0.15) is 0 Å². The molecule has 0 aliphatic rings. The summed E-state index contributed by atoms with van der Waals surface area (Å²) in [7, 11) is 0. The number of pyridine rings is 1. The smallest absolute Gasteiger partial charge is 0.255 e. The van der Waals surface area contributed by atoms with Gasteiger partial charge in [0.25, 0.3) is 5.91 Å². The molecule has 2 aromatic rings. The standard InChI is InChI=1S/C13H14N4O/c1-8-4-12(2-3-16-8)17-13(18)9-5-10(14)7-11(15)6-9/h2-7H,14-15H2,1H3,(H,16,17,18). The maximum Gasteiger partial charge on any atom is 0.255 e. The van der Waals surface area contributed by atoms with Crippen LogP contribution >= 0.6 is 0 Å². The first-order chi connectivity index (χ1) is 8.54. The van der Waals surface area contributed by atoms with Crippen LogP contribution in [0.25, 0.3) is 0 Å². The Kier molecular flexibility index (Phi) is 3.14. The number of carbonyl (C=O) groups is 1. The Hall–Kier alpha value is -2.56. The second kappa shape index (κ2) is 4.75. The summed E-state index contributed by atoms with van der Waals surface area (Å²) in [6.07, 6.45) is 1.64. The zero-order valence-electron chi connectivity index (χ0n) is 9.97. The van der Waals surface area contributed by atoms with Gasteiger partial charge < -0.3 is 16.8 Å². The van der Waals surface area contributed by atoms with Crippen LogP contribution in [0.3, 0.4) is 0 Å². The molecule has 1 amide bonds. The molecule has 18 heavy (non-hydrogen) atoms. The molecule has 0 saturated heterocycles. The minimum Gasteiger partial charge on any atom is -0.399 e. The molecule has 0 spiro atoms. The summed E-state index contributed by atoms with van der Waals surface area (Å²) in [5.74, 6) is -0.250. The summed E-state index contributed by atoms with van der Waals surface area (Å²) >= 11 is 0. The van der Waals surface area contributed by atoms with Crippen molar-refractivity contribution in [2.24, 2.45) is 0 Å². The Morgan fingerprint density at radius 3 is 2.44 bits per heavy atom. The fourth-order valence-corrected chi connectivity index (χ4v) is 1.63. The number of carbonyl (C=O) groups excluding carboxylic acids is 1. The number of nitrogens with zero attached hydrogens (tertiary/aromatic N) is 1. The molecule has 0 saturated carbocycles. The van der Waals surface area contributed by atoms with E-state index in [0.717, 1.165) is 5.69 Å². The van der Waals surface area contributed by atoms with E-state index in [-0.39, 0.29) is 5.91 Å². The fraction of sp³-hybridized carbons (Fsp3) is 0.0769. The molecular weight excluding hydrogens is 228 g/mol. The van der Waals surface area contributed by atoms with E-state index in [1.807, 2.05) is 6.92 Å². The second-order valence-electron chi connectivity index (χ2n) is 4.03. The molecule has 2 rings (SSSR count). The normalized spacial score (nSPS) is 10.1. The topological polar surface area (TPSA) is 94.0 Å². The third-order valence-corrected chi connectivity index (χ3v) is 2.39. The van der Waals surface area contributed by atoms with Gasteiger partial charge in [-0.25, -0.2) is 0 Å². The number of aryl methyl sites for hydroxylation is 1. The lowest BCUT2D eigenvalue weighted by Crippen LogP contribution is -2.12. The van der Waals surface area contributed by atoms with Crippen LogP contribution in [0, 0.1) is 6.92 Å². The Morgan fingerprint density at radius 1 is 1.17 bits per heavy atom. The van der Waals surface area contributed by atoms with Crippen molar-refractivity contribution in [3.63, 3.8) is 0 Å². The number of hydrogen-bond donors (Lipinski definition) is 3. The molecule has 0 aliphatic carbocycles. The van der Waals surface area contributed by atoms with Crippen LogP contribution in [0.2, 0.25) is 0 Å². The predicted molar refractivity (Wildman–Crippen MR) is 72.2 cm³/mol. The number of amides is 1. The van der Waals surface area contributed by atoms with E-state index in [4.69, 9.17) is 11.5 Å². The summed E-state index contributed by atoms with van der Waals surface area (Å²) < 4.78 is 0. The van der Waals surface area contributed by atoms with Crippen molar-refractivity contribution in [2.75, 3.05) is 16.8 Å². The monoisotopic (exact) mass is 242 g/mol. The van der Waals surface area contributed by atoms with Gasteiger partial charge in [-0.1, -0.05) is 0 Å². The van der Waals surface area contributed by atoms with Crippen molar-refractivity contribution in [1.29, 1.82) is 0 Å². The highest BCUT2D eigenvalue weighted by atomic mass is 16.1. The first-order valence-electron chi connectivity index (χ1n) is 5.44. The molecule has 1 aromatic heterocycles. The first-order valence-corrected chi connectivity index (χ1v) is 5.44. The Morgan fingerprint density at radius 2 is 1.83 bits per heavy atom. The van der Waals surface area contributed by atoms with Crippen LogP contribution in [0.5, 0.6) is 0 Å². The molecule has 5 N–H and O–H groups in total. The molecule has 0 aliphatic heterocycles. The summed E-state index contributed by atoms with van der Waals surface area (Å²) in [5, 5.41) is 2.76. The quantitative estimate of drug-likeness (QED) is 0.700. The average Bonchev–Trinajstić information content (AvgIpc) is 2.27. The second-order valence-corrected chi connectivity index (χ2v) is 4.03. The zero-order valence-corrected chi connectivity index (χ0v) is 9.97. The summed E-state index contributed by atoms with van der Waals surface area (Å²) in [4.78, 5) is 16.0. The number of rotatable bonds is 2. The first kappa shape index (κ1) is 11.9. The van der Waals surface area contributed by atoms with Gasteiger partial charge in [-0.15, -0.1) is 0 Å². The number of benzene rings is 1. The molecular formula is C13H14N4O. The zero-order chi connectivity index (χ0) is 13.1.